The van der Waals surface area contributed by atoms with E-state index < -0.39 is 11.8 Å². The molecular formula is C20H21ClN6O4. The number of nitrogen functional groups attached to an aromatic ring is 1. The van der Waals surface area contributed by atoms with E-state index >= 15 is 0 Å². The Labute approximate surface area is 183 Å². The molecule has 0 bridgehead atoms. The molecule has 0 saturated heterocycles. The second kappa shape index (κ2) is 9.81. The molecule has 0 unspecified atom stereocenters. The van der Waals surface area contributed by atoms with Crippen LogP contribution < -0.4 is 25.8 Å². The predicted molar refractivity (Wildman–Crippen MR) is 115 cm³/mol. The Bertz CT molecular complexity index is 1080. The first-order valence-electron chi connectivity index (χ1n) is 9.14. The number of amides is 2. The molecule has 0 saturated carbocycles. The van der Waals surface area contributed by atoms with Gasteiger partial charge in [0.05, 0.1) is 14.2 Å². The van der Waals surface area contributed by atoms with E-state index in [2.05, 4.69) is 20.9 Å². The molecule has 1 heterocycles. The molecule has 0 aliphatic rings. The molecule has 0 atom stereocenters. The molecule has 0 radical (unpaired) electrons. The van der Waals surface area contributed by atoms with Gasteiger partial charge in [0.2, 0.25) is 5.91 Å². The summed E-state index contributed by atoms with van der Waals surface area (Å²) in [4.78, 5) is 24.7. The summed E-state index contributed by atoms with van der Waals surface area (Å²) in [5.41, 5.74) is 7.26. The Morgan fingerprint density at radius 3 is 2.48 bits per heavy atom. The quantitative estimate of drug-likeness (QED) is 0.484. The van der Waals surface area contributed by atoms with E-state index in [-0.39, 0.29) is 24.6 Å². The maximum atomic E-state index is 12.4. The van der Waals surface area contributed by atoms with E-state index in [0.29, 0.717) is 22.2 Å². The first-order valence-corrected chi connectivity index (χ1v) is 9.52. The molecular weight excluding hydrogens is 424 g/mol. The van der Waals surface area contributed by atoms with Gasteiger partial charge in [-0.05, 0) is 29.8 Å². The number of ether oxygens (including phenoxy) is 2. The van der Waals surface area contributed by atoms with Crippen LogP contribution >= 0.6 is 11.6 Å². The number of nitrogens with one attached hydrogen (secondary N) is 2. The standard InChI is InChI=1S/C20H21ClN6O4/c1-30-15-8-7-14(9-16(15)31-2)24-17(28)11-27-19(22)18(25-26-27)20(29)23-10-12-3-5-13(21)6-4-12/h3-9H,10-11,22H2,1-2H3,(H,23,29)(H,24,28). The van der Waals surface area contributed by atoms with Crippen LogP contribution in [-0.2, 0) is 17.9 Å². The molecule has 0 fully saturated rings. The van der Waals surface area contributed by atoms with Crippen molar-refractivity contribution in [1.82, 2.24) is 20.3 Å². The maximum absolute atomic E-state index is 12.4. The molecule has 31 heavy (non-hydrogen) atoms. The number of carbonyl (C=O) groups is 2. The average molecular weight is 445 g/mol. The third-order valence-electron chi connectivity index (χ3n) is 4.32. The van der Waals surface area contributed by atoms with E-state index in [1.54, 1.807) is 42.5 Å². The van der Waals surface area contributed by atoms with Crippen LogP contribution in [-0.4, -0.2) is 41.0 Å². The molecule has 11 heteroatoms. The largest absolute Gasteiger partial charge is 0.493 e. The number of anilines is 2. The lowest BCUT2D eigenvalue weighted by Gasteiger charge is -2.11. The first-order chi connectivity index (χ1) is 14.9. The van der Waals surface area contributed by atoms with Crippen molar-refractivity contribution in [3.05, 3.63) is 58.7 Å². The summed E-state index contributed by atoms with van der Waals surface area (Å²) in [5.74, 6) is 0.0856. The van der Waals surface area contributed by atoms with Crippen molar-refractivity contribution in [3.63, 3.8) is 0 Å². The molecule has 2 aromatic carbocycles. The van der Waals surface area contributed by atoms with Gasteiger partial charge < -0.3 is 25.8 Å². The summed E-state index contributed by atoms with van der Waals surface area (Å²) in [6.45, 7) is 0.0414. The highest BCUT2D eigenvalue weighted by Gasteiger charge is 2.19. The number of hydrogen-bond donors (Lipinski definition) is 3. The SMILES string of the molecule is COc1ccc(NC(=O)Cn2nnc(C(=O)NCc3ccc(Cl)cc3)c2N)cc1OC. The molecule has 10 nitrogen and oxygen atoms in total. The van der Waals surface area contributed by atoms with E-state index in [1.807, 2.05) is 0 Å². The van der Waals surface area contributed by atoms with E-state index in [4.69, 9.17) is 26.8 Å². The maximum Gasteiger partial charge on any atom is 0.275 e. The monoisotopic (exact) mass is 444 g/mol. The second-order valence-corrected chi connectivity index (χ2v) is 6.84. The van der Waals surface area contributed by atoms with Gasteiger partial charge in [0.1, 0.15) is 6.54 Å². The van der Waals surface area contributed by atoms with E-state index in [1.165, 1.54) is 14.2 Å². The van der Waals surface area contributed by atoms with Crippen LogP contribution in [0.25, 0.3) is 0 Å². The highest BCUT2D eigenvalue weighted by Crippen LogP contribution is 2.29. The zero-order chi connectivity index (χ0) is 22.4. The van der Waals surface area contributed by atoms with Gasteiger partial charge in [-0.15, -0.1) is 5.10 Å². The minimum Gasteiger partial charge on any atom is -0.493 e. The lowest BCUT2D eigenvalue weighted by molar-refractivity contribution is -0.116. The van der Waals surface area contributed by atoms with Crippen molar-refractivity contribution in [3.8, 4) is 11.5 Å². The lowest BCUT2D eigenvalue weighted by Crippen LogP contribution is -2.25. The van der Waals surface area contributed by atoms with Gasteiger partial charge in [0.15, 0.2) is 23.0 Å². The summed E-state index contributed by atoms with van der Waals surface area (Å²) >= 11 is 5.85. The zero-order valence-electron chi connectivity index (χ0n) is 16.9. The number of nitrogens with two attached hydrogens (primary N) is 1. The molecule has 4 N–H and O–H groups in total. The molecule has 1 aromatic heterocycles. The topological polar surface area (TPSA) is 133 Å². The molecule has 2 amide bonds. The summed E-state index contributed by atoms with van der Waals surface area (Å²) in [6, 6.07) is 12.0. The Morgan fingerprint density at radius 2 is 1.81 bits per heavy atom. The molecule has 0 spiro atoms. The Kier molecular flexibility index (Phi) is 6.93. The van der Waals surface area contributed by atoms with Crippen LogP contribution in [0.2, 0.25) is 5.02 Å². The molecule has 3 aromatic rings. The third kappa shape index (κ3) is 5.43. The number of hydrogen-bond acceptors (Lipinski definition) is 7. The lowest BCUT2D eigenvalue weighted by atomic mass is 10.2. The van der Waals surface area contributed by atoms with Crippen LogP contribution in [0, 0.1) is 0 Å². The van der Waals surface area contributed by atoms with Gasteiger partial charge in [0.25, 0.3) is 5.91 Å². The minimum atomic E-state index is -0.501. The van der Waals surface area contributed by atoms with Crippen molar-refractivity contribution in [2.45, 2.75) is 13.1 Å². The highest BCUT2D eigenvalue weighted by molar-refractivity contribution is 6.30. The molecule has 0 aliphatic carbocycles. The van der Waals surface area contributed by atoms with Gasteiger partial charge in [-0.25, -0.2) is 4.68 Å². The van der Waals surface area contributed by atoms with Gasteiger partial charge in [-0.3, -0.25) is 9.59 Å². The Balaban J connectivity index is 1.61. The van der Waals surface area contributed by atoms with Crippen LogP contribution in [0.4, 0.5) is 11.5 Å². The number of halogens is 1. The number of rotatable bonds is 8. The van der Waals surface area contributed by atoms with Crippen molar-refractivity contribution in [2.75, 3.05) is 25.3 Å². The second-order valence-electron chi connectivity index (χ2n) is 6.41. The summed E-state index contributed by atoms with van der Waals surface area (Å²) in [5, 5.41) is 13.6. The fourth-order valence-corrected chi connectivity index (χ4v) is 2.84. The normalized spacial score (nSPS) is 10.4. The number of nitrogens with zero attached hydrogens (tertiary/aromatic N) is 3. The van der Waals surface area contributed by atoms with Crippen LogP contribution in [0.5, 0.6) is 11.5 Å². The predicted octanol–water partition coefficient (Wildman–Crippen LogP) is 2.10. The third-order valence-corrected chi connectivity index (χ3v) is 4.57. The summed E-state index contributed by atoms with van der Waals surface area (Å²) in [7, 11) is 3.02. The zero-order valence-corrected chi connectivity index (χ0v) is 17.6. The van der Waals surface area contributed by atoms with E-state index in [9.17, 15) is 9.59 Å². The van der Waals surface area contributed by atoms with Gasteiger partial charge in [-0.2, -0.15) is 0 Å². The Hall–Kier alpha value is -3.79. The van der Waals surface area contributed by atoms with Gasteiger partial charge in [-0.1, -0.05) is 28.9 Å². The number of benzene rings is 2. The van der Waals surface area contributed by atoms with Crippen LogP contribution in [0.1, 0.15) is 16.1 Å². The summed E-state index contributed by atoms with van der Waals surface area (Å²) in [6.07, 6.45) is 0. The number of methoxy groups -OCH3 is 2. The highest BCUT2D eigenvalue weighted by atomic mass is 35.5. The first kappa shape index (κ1) is 21.9. The van der Waals surface area contributed by atoms with Crippen LogP contribution in [0.3, 0.4) is 0 Å². The minimum absolute atomic E-state index is 0.0175. The van der Waals surface area contributed by atoms with Crippen molar-refractivity contribution < 1.29 is 19.1 Å². The number of aromatic nitrogens is 3. The van der Waals surface area contributed by atoms with Crippen molar-refractivity contribution in [2.24, 2.45) is 0 Å². The Morgan fingerprint density at radius 1 is 1.10 bits per heavy atom. The van der Waals surface area contributed by atoms with Crippen molar-refractivity contribution >= 4 is 34.9 Å². The molecule has 162 valence electrons. The fourth-order valence-electron chi connectivity index (χ4n) is 2.72. The number of carbonyl (C=O) groups excluding carboxylic acids is 2. The van der Waals surface area contributed by atoms with Crippen LogP contribution in [0.15, 0.2) is 42.5 Å². The van der Waals surface area contributed by atoms with Gasteiger partial charge >= 0.3 is 0 Å². The van der Waals surface area contributed by atoms with Crippen molar-refractivity contribution in [1.29, 1.82) is 0 Å². The molecule has 0 aliphatic heterocycles. The van der Waals surface area contributed by atoms with Gasteiger partial charge in [0, 0.05) is 23.3 Å². The van der Waals surface area contributed by atoms with E-state index in [0.717, 1.165) is 10.2 Å². The summed E-state index contributed by atoms with van der Waals surface area (Å²) < 4.78 is 11.5. The molecule has 3 rings (SSSR count). The smallest absolute Gasteiger partial charge is 0.275 e. The average Bonchev–Trinajstić information content (AvgIpc) is 3.13. The fraction of sp³-hybridized carbons (Fsp3) is 0.200.